The Morgan fingerprint density at radius 3 is 2.00 bits per heavy atom. The van der Waals surface area contributed by atoms with E-state index in [1.165, 1.54) is 11.1 Å². The van der Waals surface area contributed by atoms with Crippen molar-refractivity contribution in [3.05, 3.63) is 71.8 Å². The van der Waals surface area contributed by atoms with E-state index in [2.05, 4.69) is 70.9 Å². The van der Waals surface area contributed by atoms with Gasteiger partial charge in [0.15, 0.2) is 0 Å². The van der Waals surface area contributed by atoms with E-state index in [0.717, 1.165) is 64.5 Å². The van der Waals surface area contributed by atoms with Gasteiger partial charge < -0.3 is 4.90 Å². The summed E-state index contributed by atoms with van der Waals surface area (Å²) in [7, 11) is 0. The van der Waals surface area contributed by atoms with Crippen LogP contribution in [0.2, 0.25) is 0 Å². The van der Waals surface area contributed by atoms with Crippen LogP contribution in [0.15, 0.2) is 60.7 Å². The van der Waals surface area contributed by atoms with Crippen molar-refractivity contribution in [3.8, 4) is 0 Å². The Morgan fingerprint density at radius 1 is 0.857 bits per heavy atom. The molecule has 1 N–H and O–H groups in total. The third-order valence-corrected chi connectivity index (χ3v) is 5.72. The van der Waals surface area contributed by atoms with Crippen LogP contribution in [-0.4, -0.2) is 30.6 Å². The first-order valence-electron chi connectivity index (χ1n) is 10.9. The Balaban J connectivity index is 1.54. The smallest absolute Gasteiger partial charge is 0.226 e. The molecule has 0 unspecified atom stereocenters. The number of aryl methyl sites for hydroxylation is 2. The Bertz CT molecular complexity index is 633. The van der Waals surface area contributed by atoms with Gasteiger partial charge in [0.1, 0.15) is 0 Å². The summed E-state index contributed by atoms with van der Waals surface area (Å²) in [6.45, 7) is 2.64. The Kier molecular flexibility index (Phi) is 8.57. The molecule has 2 aromatic carbocycles. The zero-order chi connectivity index (χ0) is 19.4. The lowest BCUT2D eigenvalue weighted by Gasteiger charge is -2.26. The fourth-order valence-electron chi connectivity index (χ4n) is 4.08. The monoisotopic (exact) mass is 378 g/mol. The van der Waals surface area contributed by atoms with Crippen LogP contribution < -0.4 is 5.32 Å². The van der Waals surface area contributed by atoms with Crippen LogP contribution in [0.4, 0.5) is 0 Å². The van der Waals surface area contributed by atoms with E-state index >= 15 is 0 Å². The molecular weight excluding hydrogens is 344 g/mol. The molecule has 1 aliphatic rings. The van der Waals surface area contributed by atoms with Crippen LogP contribution in [0.5, 0.6) is 0 Å². The maximum Gasteiger partial charge on any atom is 0.226 e. The maximum atomic E-state index is 13.2. The average molecular weight is 379 g/mol. The molecular formula is C25H34N2O. The molecule has 1 fully saturated rings. The van der Waals surface area contributed by atoms with Crippen molar-refractivity contribution in [3.63, 3.8) is 0 Å². The third kappa shape index (κ3) is 6.79. The Morgan fingerprint density at radius 2 is 1.43 bits per heavy atom. The van der Waals surface area contributed by atoms with Gasteiger partial charge in [-0.15, -0.1) is 0 Å². The molecule has 3 heteroatoms. The van der Waals surface area contributed by atoms with Gasteiger partial charge >= 0.3 is 0 Å². The zero-order valence-electron chi connectivity index (χ0n) is 17.0. The largest absolute Gasteiger partial charge is 0.330 e. The fourth-order valence-corrected chi connectivity index (χ4v) is 4.08. The van der Waals surface area contributed by atoms with Crippen molar-refractivity contribution in [2.45, 2.75) is 51.4 Å². The summed E-state index contributed by atoms with van der Waals surface area (Å²) in [6, 6.07) is 21.3. The topological polar surface area (TPSA) is 32.3 Å². The highest BCUT2D eigenvalue weighted by Gasteiger charge is 2.24. The van der Waals surface area contributed by atoms with E-state index in [0.29, 0.717) is 12.6 Å². The van der Waals surface area contributed by atoms with Gasteiger partial charge in [0.25, 0.3) is 0 Å². The summed E-state index contributed by atoms with van der Waals surface area (Å²) < 4.78 is 0. The predicted molar refractivity (Wildman–Crippen MR) is 116 cm³/mol. The number of hydrogen-bond acceptors (Lipinski definition) is 2. The molecule has 3 nitrogen and oxygen atoms in total. The van der Waals surface area contributed by atoms with Crippen molar-refractivity contribution in [1.29, 1.82) is 0 Å². The molecule has 1 heterocycles. The molecule has 1 saturated heterocycles. The molecule has 0 saturated carbocycles. The summed E-state index contributed by atoms with van der Waals surface area (Å²) in [6.07, 6.45) is 8.51. The van der Waals surface area contributed by atoms with E-state index in [1.807, 2.05) is 0 Å². The predicted octanol–water partition coefficient (Wildman–Crippen LogP) is 4.82. The van der Waals surface area contributed by atoms with Crippen LogP contribution in [0, 0.1) is 5.92 Å². The van der Waals surface area contributed by atoms with Crippen LogP contribution in [0.3, 0.4) is 0 Å². The molecule has 0 spiro atoms. The molecule has 0 bridgehead atoms. The normalized spacial score (nSPS) is 14.8. The lowest BCUT2D eigenvalue weighted by atomic mass is 9.92. The first-order chi connectivity index (χ1) is 13.8. The minimum atomic E-state index is 0.146. The number of nitrogens with zero attached hydrogens (tertiary/aromatic N) is 1. The van der Waals surface area contributed by atoms with Crippen molar-refractivity contribution in [2.24, 2.45) is 5.92 Å². The molecule has 150 valence electrons. The number of carbonyl (C=O) groups excluding carboxylic acids is 1. The van der Waals surface area contributed by atoms with Crippen molar-refractivity contribution >= 4 is 5.91 Å². The second-order valence-electron chi connectivity index (χ2n) is 7.92. The molecule has 0 aromatic heterocycles. The molecule has 1 aliphatic heterocycles. The lowest BCUT2D eigenvalue weighted by molar-refractivity contribution is -0.136. The number of benzene rings is 2. The van der Waals surface area contributed by atoms with Crippen LogP contribution in [-0.2, 0) is 17.6 Å². The van der Waals surface area contributed by atoms with E-state index in [4.69, 9.17) is 0 Å². The molecule has 2 aromatic rings. The fraction of sp³-hybridized carbons (Fsp3) is 0.480. The molecule has 0 aliphatic carbocycles. The van der Waals surface area contributed by atoms with Crippen molar-refractivity contribution in [2.75, 3.05) is 19.8 Å². The number of hydrogen-bond donors (Lipinski definition) is 1. The van der Waals surface area contributed by atoms with Gasteiger partial charge in [-0.25, -0.2) is 0 Å². The lowest BCUT2D eigenvalue weighted by Crippen LogP contribution is -2.41. The van der Waals surface area contributed by atoms with E-state index in [-0.39, 0.29) is 5.92 Å². The third-order valence-electron chi connectivity index (χ3n) is 5.72. The Labute approximate surface area is 170 Å². The standard InChI is InChI=1S/C25H34N2O/c28-25(27-20-8-7-19-26-21-27)24(17-9-15-22-11-3-1-4-12-22)18-10-16-23-13-5-2-6-14-23/h1-6,11-14,24,26H,7-10,15-21H2. The van der Waals surface area contributed by atoms with Crippen molar-refractivity contribution < 1.29 is 4.79 Å². The van der Waals surface area contributed by atoms with Crippen molar-refractivity contribution in [1.82, 2.24) is 10.2 Å². The minimum Gasteiger partial charge on any atom is -0.330 e. The van der Waals surface area contributed by atoms with Gasteiger partial charge in [0, 0.05) is 12.5 Å². The Hall–Kier alpha value is -2.13. The molecule has 3 rings (SSSR count). The molecule has 0 atom stereocenters. The number of carbonyl (C=O) groups is 1. The molecule has 0 radical (unpaired) electrons. The van der Waals surface area contributed by atoms with E-state index in [9.17, 15) is 4.79 Å². The SMILES string of the molecule is O=C(C(CCCc1ccccc1)CCCc1ccccc1)N1CCCCNC1. The average Bonchev–Trinajstić information content (AvgIpc) is 3.03. The van der Waals surface area contributed by atoms with Crippen LogP contribution >= 0.6 is 0 Å². The van der Waals surface area contributed by atoms with Crippen LogP contribution in [0.1, 0.15) is 49.7 Å². The van der Waals surface area contributed by atoms with Gasteiger partial charge in [-0.3, -0.25) is 10.1 Å². The van der Waals surface area contributed by atoms with E-state index < -0.39 is 0 Å². The second kappa shape index (κ2) is 11.7. The first-order valence-corrected chi connectivity index (χ1v) is 10.9. The minimum absolute atomic E-state index is 0.146. The number of nitrogens with one attached hydrogen (secondary N) is 1. The summed E-state index contributed by atoms with van der Waals surface area (Å²) in [5.74, 6) is 0.503. The highest BCUT2D eigenvalue weighted by Crippen LogP contribution is 2.21. The van der Waals surface area contributed by atoms with Gasteiger partial charge in [0.2, 0.25) is 5.91 Å². The summed E-state index contributed by atoms with van der Waals surface area (Å²) >= 11 is 0. The second-order valence-corrected chi connectivity index (χ2v) is 7.92. The zero-order valence-corrected chi connectivity index (χ0v) is 17.0. The summed E-state index contributed by atoms with van der Waals surface area (Å²) in [4.78, 5) is 15.3. The molecule has 28 heavy (non-hydrogen) atoms. The highest BCUT2D eigenvalue weighted by molar-refractivity contribution is 5.78. The number of rotatable bonds is 9. The van der Waals surface area contributed by atoms with E-state index in [1.54, 1.807) is 0 Å². The van der Waals surface area contributed by atoms with Gasteiger partial charge in [0.05, 0.1) is 6.67 Å². The van der Waals surface area contributed by atoms with Gasteiger partial charge in [-0.05, 0) is 69.0 Å². The highest BCUT2D eigenvalue weighted by atomic mass is 16.2. The molecule has 1 amide bonds. The van der Waals surface area contributed by atoms with Crippen LogP contribution in [0.25, 0.3) is 0 Å². The summed E-state index contributed by atoms with van der Waals surface area (Å²) in [5, 5.41) is 3.40. The first kappa shape index (κ1) is 20.6. The summed E-state index contributed by atoms with van der Waals surface area (Å²) in [5.41, 5.74) is 2.74. The van der Waals surface area contributed by atoms with Gasteiger partial charge in [-0.1, -0.05) is 60.7 Å². The van der Waals surface area contributed by atoms with Gasteiger partial charge in [-0.2, -0.15) is 0 Å². The quantitative estimate of drug-likeness (QED) is 0.679. The number of amides is 1. The maximum absolute atomic E-state index is 13.2.